The van der Waals surface area contributed by atoms with Crippen molar-refractivity contribution in [2.45, 2.75) is 41.5 Å². The third-order valence-corrected chi connectivity index (χ3v) is 7.97. The van der Waals surface area contributed by atoms with Gasteiger partial charge in [0, 0.05) is 7.05 Å². The van der Waals surface area contributed by atoms with Crippen molar-refractivity contribution < 1.29 is 36.2 Å². The minimum Gasteiger partial charge on any atom is -0.494 e. The third kappa shape index (κ3) is 5.74. The van der Waals surface area contributed by atoms with Gasteiger partial charge in [-0.25, -0.2) is 8.42 Å². The van der Waals surface area contributed by atoms with Crippen LogP contribution in [-0.4, -0.2) is 35.9 Å². The molecule has 0 aliphatic heterocycles. The van der Waals surface area contributed by atoms with E-state index in [2.05, 4.69) is 5.10 Å². The van der Waals surface area contributed by atoms with Gasteiger partial charge in [-0.2, -0.15) is 18.3 Å². The van der Waals surface area contributed by atoms with E-state index in [1.807, 2.05) is 6.92 Å². The SMILES string of the molecule is CCCCOc1cc(CC(=O)O)cc(S(=O)(=O)c2ccc(-c3cc(C(F)(F)F)n(C)n3)s2)c1. The summed E-state index contributed by atoms with van der Waals surface area (Å²) in [5.41, 5.74) is -0.698. The quantitative estimate of drug-likeness (QED) is 0.422. The molecular formula is C21H21F3N2O5S2. The predicted octanol–water partition coefficient (Wildman–Crippen LogP) is 4.81. The number of thiophene rings is 1. The molecule has 12 heteroatoms. The fourth-order valence-corrected chi connectivity index (χ4v) is 5.80. The first-order chi connectivity index (χ1) is 15.4. The van der Waals surface area contributed by atoms with Crippen LogP contribution in [0.1, 0.15) is 31.0 Å². The van der Waals surface area contributed by atoms with Gasteiger partial charge in [0.15, 0.2) is 0 Å². The second-order valence-corrected chi connectivity index (χ2v) is 10.5. The van der Waals surface area contributed by atoms with Crippen LogP contribution < -0.4 is 4.74 Å². The van der Waals surface area contributed by atoms with E-state index in [0.29, 0.717) is 11.3 Å². The Bertz CT molecular complexity index is 1260. The molecule has 0 spiro atoms. The van der Waals surface area contributed by atoms with Gasteiger partial charge in [0.05, 0.1) is 22.8 Å². The number of rotatable bonds is 9. The number of carbonyl (C=O) groups is 1. The molecule has 0 amide bonds. The number of unbranched alkanes of at least 4 members (excludes halogenated alkanes) is 1. The summed E-state index contributed by atoms with van der Waals surface area (Å²) < 4.78 is 71.8. The van der Waals surface area contributed by atoms with E-state index in [4.69, 9.17) is 9.84 Å². The normalized spacial score (nSPS) is 12.2. The number of ether oxygens (including phenoxy) is 1. The maximum atomic E-state index is 13.2. The Balaban J connectivity index is 1.98. The molecule has 0 saturated heterocycles. The Kier molecular flexibility index (Phi) is 7.17. The lowest BCUT2D eigenvalue weighted by molar-refractivity contribution is -0.143. The average Bonchev–Trinajstić information content (AvgIpc) is 3.34. The fourth-order valence-electron chi connectivity index (χ4n) is 3.05. The number of benzene rings is 1. The van der Waals surface area contributed by atoms with Crippen LogP contribution in [-0.2, 0) is 34.3 Å². The number of hydrogen-bond donors (Lipinski definition) is 1. The molecule has 33 heavy (non-hydrogen) atoms. The summed E-state index contributed by atoms with van der Waals surface area (Å²) in [6, 6.07) is 7.60. The number of halogens is 3. The van der Waals surface area contributed by atoms with Gasteiger partial charge in [-0.3, -0.25) is 9.48 Å². The standard InChI is InChI=1S/C21H21F3N2O5S2/c1-3-4-7-31-14-8-13(10-19(27)28)9-15(11-14)33(29,30)20-6-5-17(32-20)16-12-18(21(22,23)24)26(2)25-16/h5-6,8-9,11-12H,3-4,7,10H2,1-2H3,(H,27,28). The summed E-state index contributed by atoms with van der Waals surface area (Å²) in [5.74, 6) is -0.893. The molecule has 0 unspecified atom stereocenters. The number of carboxylic acids is 1. The van der Waals surface area contributed by atoms with Gasteiger partial charge in [0.25, 0.3) is 0 Å². The first-order valence-corrected chi connectivity index (χ1v) is 12.2. The van der Waals surface area contributed by atoms with Crippen molar-refractivity contribution in [2.24, 2.45) is 7.05 Å². The summed E-state index contributed by atoms with van der Waals surface area (Å²) in [4.78, 5) is 11.3. The van der Waals surface area contributed by atoms with Crippen molar-refractivity contribution in [3.8, 4) is 16.3 Å². The van der Waals surface area contributed by atoms with Crippen LogP contribution in [0.2, 0.25) is 0 Å². The van der Waals surface area contributed by atoms with Crippen LogP contribution in [0.3, 0.4) is 0 Å². The maximum Gasteiger partial charge on any atom is 0.433 e. The molecule has 178 valence electrons. The highest BCUT2D eigenvalue weighted by Crippen LogP contribution is 2.37. The third-order valence-electron chi connectivity index (χ3n) is 4.64. The van der Waals surface area contributed by atoms with Crippen molar-refractivity contribution in [2.75, 3.05) is 6.61 Å². The van der Waals surface area contributed by atoms with Crippen LogP contribution in [0.4, 0.5) is 13.2 Å². The summed E-state index contributed by atoms with van der Waals surface area (Å²) >= 11 is 0.779. The number of aryl methyl sites for hydroxylation is 1. The van der Waals surface area contributed by atoms with Gasteiger partial charge in [-0.05, 0) is 48.4 Å². The van der Waals surface area contributed by atoms with Gasteiger partial charge < -0.3 is 9.84 Å². The minimum atomic E-state index is -4.59. The number of aromatic nitrogens is 2. The molecule has 3 aromatic rings. The Hall–Kier alpha value is -2.86. The Morgan fingerprint density at radius 2 is 1.94 bits per heavy atom. The van der Waals surface area contributed by atoms with Crippen molar-refractivity contribution in [1.29, 1.82) is 0 Å². The monoisotopic (exact) mass is 502 g/mol. The molecule has 0 saturated carbocycles. The highest BCUT2D eigenvalue weighted by molar-refractivity contribution is 7.93. The highest BCUT2D eigenvalue weighted by atomic mass is 32.2. The second-order valence-electron chi connectivity index (χ2n) is 7.24. The van der Waals surface area contributed by atoms with Crippen LogP contribution in [0.15, 0.2) is 45.5 Å². The molecule has 7 nitrogen and oxygen atoms in total. The van der Waals surface area contributed by atoms with Gasteiger partial charge in [0.1, 0.15) is 21.3 Å². The molecule has 2 aromatic heterocycles. The molecule has 1 N–H and O–H groups in total. The second kappa shape index (κ2) is 9.56. The molecule has 0 bridgehead atoms. The lowest BCUT2D eigenvalue weighted by atomic mass is 10.1. The molecule has 0 fully saturated rings. The summed E-state index contributed by atoms with van der Waals surface area (Å²) in [7, 11) is -2.92. The Morgan fingerprint density at radius 3 is 2.55 bits per heavy atom. The Morgan fingerprint density at radius 1 is 1.21 bits per heavy atom. The summed E-state index contributed by atoms with van der Waals surface area (Å²) in [5, 5.41) is 13.0. The van der Waals surface area contributed by atoms with E-state index in [-0.39, 0.29) is 31.0 Å². The van der Waals surface area contributed by atoms with E-state index in [1.165, 1.54) is 30.3 Å². The largest absolute Gasteiger partial charge is 0.494 e. The van der Waals surface area contributed by atoms with Gasteiger partial charge in [-0.1, -0.05) is 13.3 Å². The predicted molar refractivity (Wildman–Crippen MR) is 115 cm³/mol. The topological polar surface area (TPSA) is 98.5 Å². The highest BCUT2D eigenvalue weighted by Gasteiger charge is 2.35. The summed E-state index contributed by atoms with van der Waals surface area (Å²) in [6.45, 7) is 2.31. The van der Waals surface area contributed by atoms with Gasteiger partial charge in [0.2, 0.25) is 9.84 Å². The first-order valence-electron chi connectivity index (χ1n) is 9.87. The zero-order chi connectivity index (χ0) is 24.4. The number of alkyl halides is 3. The number of nitrogens with zero attached hydrogens (tertiary/aromatic N) is 2. The van der Waals surface area contributed by atoms with Crippen LogP contribution in [0, 0.1) is 0 Å². The fraction of sp³-hybridized carbons (Fsp3) is 0.333. The molecule has 0 radical (unpaired) electrons. The van der Waals surface area contributed by atoms with Gasteiger partial charge in [-0.15, -0.1) is 11.3 Å². The zero-order valence-electron chi connectivity index (χ0n) is 17.7. The van der Waals surface area contributed by atoms with Crippen LogP contribution >= 0.6 is 11.3 Å². The van der Waals surface area contributed by atoms with E-state index in [9.17, 15) is 26.4 Å². The van der Waals surface area contributed by atoms with Crippen molar-refractivity contribution >= 4 is 27.1 Å². The zero-order valence-corrected chi connectivity index (χ0v) is 19.4. The average molecular weight is 503 g/mol. The van der Waals surface area contributed by atoms with Crippen molar-refractivity contribution in [3.05, 3.63) is 47.7 Å². The first kappa shape index (κ1) is 24.8. The molecule has 2 heterocycles. The van der Waals surface area contributed by atoms with E-state index < -0.39 is 34.1 Å². The van der Waals surface area contributed by atoms with E-state index in [1.54, 1.807) is 0 Å². The molecule has 0 aliphatic carbocycles. The number of hydrogen-bond acceptors (Lipinski definition) is 6. The van der Waals surface area contributed by atoms with E-state index in [0.717, 1.165) is 37.3 Å². The smallest absolute Gasteiger partial charge is 0.433 e. The van der Waals surface area contributed by atoms with Crippen LogP contribution in [0.5, 0.6) is 5.75 Å². The lowest BCUT2D eigenvalue weighted by Gasteiger charge is -2.10. The molecular weight excluding hydrogens is 481 g/mol. The lowest BCUT2D eigenvalue weighted by Crippen LogP contribution is -2.11. The number of sulfone groups is 1. The van der Waals surface area contributed by atoms with Crippen molar-refractivity contribution in [3.63, 3.8) is 0 Å². The van der Waals surface area contributed by atoms with E-state index >= 15 is 0 Å². The molecule has 0 aliphatic rings. The molecule has 3 rings (SSSR count). The molecule has 0 atom stereocenters. The molecule has 1 aromatic carbocycles. The Labute approximate surface area is 192 Å². The van der Waals surface area contributed by atoms with Crippen molar-refractivity contribution in [1.82, 2.24) is 9.78 Å². The van der Waals surface area contributed by atoms with Crippen LogP contribution in [0.25, 0.3) is 10.6 Å². The summed E-state index contributed by atoms with van der Waals surface area (Å²) in [6.07, 6.45) is -3.38. The maximum absolute atomic E-state index is 13.2. The number of carboxylic acid groups (broad SMARTS) is 1. The van der Waals surface area contributed by atoms with Gasteiger partial charge >= 0.3 is 12.1 Å². The number of aliphatic carboxylic acids is 1. The minimum absolute atomic E-state index is 0.000471.